The molecule has 0 radical (unpaired) electrons. The van der Waals surface area contributed by atoms with Gasteiger partial charge >= 0.3 is 6.03 Å². The van der Waals surface area contributed by atoms with Crippen molar-refractivity contribution in [1.29, 1.82) is 0 Å². The fourth-order valence-electron chi connectivity index (χ4n) is 12.3. The van der Waals surface area contributed by atoms with Crippen LogP contribution in [-0.4, -0.2) is 165 Å². The Morgan fingerprint density at radius 2 is 1.16 bits per heavy atom. The second kappa shape index (κ2) is 40.3. The molecule has 1 aliphatic heterocycles. The zero-order valence-electron chi connectivity index (χ0n) is 58.3. The van der Waals surface area contributed by atoms with E-state index in [0.717, 1.165) is 16.3 Å². The number of nitrogens with two attached hydrogens (primary N) is 3. The average Bonchev–Trinajstić information content (AvgIpc) is 1.13. The zero-order valence-corrected chi connectivity index (χ0v) is 59.0. The molecule has 2 heterocycles. The van der Waals surface area contributed by atoms with Crippen LogP contribution in [0.2, 0.25) is 5.02 Å². The number of nitrogens with zero attached hydrogens (tertiary/aromatic N) is 3. The van der Waals surface area contributed by atoms with Crippen LogP contribution in [0, 0.1) is 23.7 Å². The van der Waals surface area contributed by atoms with E-state index in [2.05, 4.69) is 47.2 Å². The number of fused-ring (bicyclic) bond motifs is 1. The number of benzene rings is 4. The number of ketones is 4. The van der Waals surface area contributed by atoms with E-state index in [1.54, 1.807) is 36.4 Å². The Morgan fingerprint density at radius 1 is 0.598 bits per heavy atom. The maximum Gasteiger partial charge on any atom is 0.312 e. The monoisotopic (exact) mass is 1430 g/mol. The van der Waals surface area contributed by atoms with E-state index in [1.807, 2.05) is 56.3 Å². The number of Topliss-reactive ketones (excluding diaryl/α,β-unsaturated/α-hetero) is 4. The quantitative estimate of drug-likeness (QED) is 0.0151. The van der Waals surface area contributed by atoms with E-state index in [1.165, 1.54) is 62.3 Å². The summed E-state index contributed by atoms with van der Waals surface area (Å²) in [7, 11) is 0. The summed E-state index contributed by atoms with van der Waals surface area (Å²) in [4.78, 5) is 177. The number of carbonyl (C=O) groups excluding carboxylic acids is 12. The lowest BCUT2D eigenvalue weighted by molar-refractivity contribution is -0.143. The van der Waals surface area contributed by atoms with Crippen LogP contribution >= 0.6 is 11.6 Å². The Balaban J connectivity index is 1.26. The average molecular weight is 1430 g/mol. The number of urea groups is 1. The standard InChI is InChI=1S/C74H96ClN13O14/c1-43(2)32-53(67(96)85-59(16-10-29-80-73(76)77)72(101)88-31-11-17-63(88)71(100)82-44(3)45(4)90)38-64(93)58(15-9-30-81-74(78)102)84-68(97)54(33-47-21-26-57(92)27-22-47)40-66(95)62(42-89)87-69(98)55(35-50-12-8-28-79-41-50)39-65(94)60(36-48-19-24-56(75)25-20-48)86-70(99)61(83-46(5)91)37-49-18-23-51-13-6-7-14-52(51)34-49/h6-8,12-14,18-28,34,41,43-44,53-55,58-63,89,92H,9-11,15-17,29-33,35-40,42H2,1-5H3,(H,82,100)(H,83,91)(H,84,97)(H,85,96)(H,86,99)(H,87,98)(H4,76,77,80)(H3,78,81,102)/t44-,53-,54-,55+,58-,59+,60?,61-,62+,63?/m1/s1. The minimum Gasteiger partial charge on any atom is -0.508 e. The van der Waals surface area contributed by atoms with Crippen LogP contribution in [0.5, 0.6) is 5.75 Å². The SMILES string of the molecule is CC(=O)N[C@H](Cc1ccc2ccccc2c1)C(=O)NC(Cc1ccc(Cl)cc1)C(=O)C[C@H](Cc1cccnc1)C(=O)N[C@@H](CO)C(=O)C[C@@H](Cc1ccc(O)cc1)C(=O)N[C@H](CCCNC(N)=O)C(=O)C[C@@H](CC(C)C)C(=O)N[C@@H](CCCN=C(N)N)C(=O)N1CCCC1C(=O)N[C@H](C)C(C)=O. The molecule has 548 valence electrons. The molecule has 5 aromatic rings. The highest BCUT2D eigenvalue weighted by Crippen LogP contribution is 2.26. The number of pyridine rings is 1. The van der Waals surface area contributed by atoms with Crippen molar-refractivity contribution < 1.29 is 67.7 Å². The number of hydrogen-bond donors (Lipinski definition) is 12. The third-order valence-corrected chi connectivity index (χ3v) is 18.0. The molecule has 9 amide bonds. The number of rotatable bonds is 41. The summed E-state index contributed by atoms with van der Waals surface area (Å²) < 4.78 is 0. The molecule has 2 unspecified atom stereocenters. The highest BCUT2D eigenvalue weighted by Gasteiger charge is 2.40. The van der Waals surface area contributed by atoms with Gasteiger partial charge in [0.1, 0.15) is 29.9 Å². The number of likely N-dealkylation sites (tertiary alicyclic amines) is 1. The maximum absolute atomic E-state index is 15.0. The van der Waals surface area contributed by atoms with Gasteiger partial charge in [0.25, 0.3) is 0 Å². The van der Waals surface area contributed by atoms with Crippen molar-refractivity contribution in [2.45, 2.75) is 167 Å². The van der Waals surface area contributed by atoms with Gasteiger partial charge in [-0.05, 0) is 147 Å². The summed E-state index contributed by atoms with van der Waals surface area (Å²) in [6.07, 6.45) is 2.06. The largest absolute Gasteiger partial charge is 0.508 e. The molecular formula is C74H96ClN13O14. The second-order valence-corrected chi connectivity index (χ2v) is 26.9. The smallest absolute Gasteiger partial charge is 0.312 e. The highest BCUT2D eigenvalue weighted by atomic mass is 35.5. The molecule has 1 aromatic heterocycles. The maximum atomic E-state index is 15.0. The van der Waals surface area contributed by atoms with Gasteiger partial charge in [0.15, 0.2) is 29.1 Å². The molecule has 28 heteroatoms. The molecule has 6 rings (SSSR count). The first-order valence-corrected chi connectivity index (χ1v) is 34.7. The summed E-state index contributed by atoms with van der Waals surface area (Å²) in [5.41, 5.74) is 18.8. The second-order valence-electron chi connectivity index (χ2n) is 26.5. The fraction of sp³-hybridized carbons (Fsp3) is 0.459. The predicted molar refractivity (Wildman–Crippen MR) is 384 cm³/mol. The van der Waals surface area contributed by atoms with Gasteiger partial charge in [-0.25, -0.2) is 4.79 Å². The molecule has 102 heavy (non-hydrogen) atoms. The molecule has 1 saturated heterocycles. The minimum absolute atomic E-state index is 0.0166. The van der Waals surface area contributed by atoms with Crippen LogP contribution < -0.4 is 54.4 Å². The number of hydrogen-bond acceptors (Lipinski definition) is 16. The van der Waals surface area contributed by atoms with E-state index in [4.69, 9.17) is 28.8 Å². The first-order chi connectivity index (χ1) is 48.6. The number of aliphatic hydroxyl groups is 1. The molecule has 1 fully saturated rings. The van der Waals surface area contributed by atoms with Crippen molar-refractivity contribution >= 4 is 98.8 Å². The number of nitrogens with one attached hydrogen (secondary N) is 7. The summed E-state index contributed by atoms with van der Waals surface area (Å²) in [5, 5.41) is 42.4. The van der Waals surface area contributed by atoms with E-state index in [0.29, 0.717) is 34.6 Å². The van der Waals surface area contributed by atoms with E-state index < -0.39 is 151 Å². The summed E-state index contributed by atoms with van der Waals surface area (Å²) in [6, 6.07) is 19.6. The molecule has 1 aliphatic rings. The summed E-state index contributed by atoms with van der Waals surface area (Å²) in [5.74, 6) is -11.3. The fourth-order valence-corrected chi connectivity index (χ4v) is 12.4. The Labute approximate surface area is 598 Å². The lowest BCUT2D eigenvalue weighted by atomic mass is 9.87. The normalized spacial score (nSPS) is 15.3. The topological polar surface area (TPSA) is 436 Å². The minimum atomic E-state index is -1.68. The van der Waals surface area contributed by atoms with E-state index in [-0.39, 0.29) is 101 Å². The Hall–Kier alpha value is -10.1. The zero-order chi connectivity index (χ0) is 74.6. The van der Waals surface area contributed by atoms with Crippen molar-refractivity contribution in [2.75, 3.05) is 26.2 Å². The molecule has 10 atom stereocenters. The first-order valence-electron chi connectivity index (χ1n) is 34.3. The van der Waals surface area contributed by atoms with Crippen LogP contribution in [0.3, 0.4) is 0 Å². The van der Waals surface area contributed by atoms with Crippen molar-refractivity contribution in [3.63, 3.8) is 0 Å². The van der Waals surface area contributed by atoms with E-state index >= 15 is 0 Å². The molecule has 0 spiro atoms. The van der Waals surface area contributed by atoms with Crippen molar-refractivity contribution in [2.24, 2.45) is 45.9 Å². The van der Waals surface area contributed by atoms with Crippen LogP contribution in [0.1, 0.15) is 121 Å². The predicted octanol–water partition coefficient (Wildman–Crippen LogP) is 3.66. The van der Waals surface area contributed by atoms with Gasteiger partial charge in [-0.3, -0.25) is 62.7 Å². The number of phenolic OH excluding ortho intramolecular Hbond substituents is 1. The number of halogens is 1. The number of aliphatic hydroxyl groups excluding tert-OH is 1. The highest BCUT2D eigenvalue weighted by molar-refractivity contribution is 6.30. The van der Waals surface area contributed by atoms with Crippen LogP contribution in [-0.2, 0) is 78.4 Å². The Morgan fingerprint density at radius 3 is 1.77 bits per heavy atom. The third-order valence-electron chi connectivity index (χ3n) is 17.8. The van der Waals surface area contributed by atoms with Crippen molar-refractivity contribution in [3.05, 3.63) is 143 Å². The lowest BCUT2D eigenvalue weighted by Crippen LogP contribution is -2.55. The van der Waals surface area contributed by atoms with E-state index in [9.17, 15) is 67.7 Å². The van der Waals surface area contributed by atoms with Gasteiger partial charge in [-0.15, -0.1) is 0 Å². The van der Waals surface area contributed by atoms with Crippen LogP contribution in [0.25, 0.3) is 10.8 Å². The molecular weight excluding hydrogens is 1330 g/mol. The van der Waals surface area contributed by atoms with Gasteiger partial charge in [-0.2, -0.15) is 0 Å². The van der Waals surface area contributed by atoms with Gasteiger partial charge in [0.2, 0.25) is 41.4 Å². The number of phenols is 1. The first kappa shape index (κ1) is 80.8. The number of carbonyl (C=O) groups is 12. The molecule has 0 bridgehead atoms. The molecule has 27 nitrogen and oxygen atoms in total. The van der Waals surface area contributed by atoms with Gasteiger partial charge in [-0.1, -0.05) is 98.2 Å². The van der Waals surface area contributed by atoms with Crippen LogP contribution in [0.15, 0.2) is 121 Å². The molecule has 0 aliphatic carbocycles. The lowest BCUT2D eigenvalue weighted by Gasteiger charge is -2.30. The van der Waals surface area contributed by atoms with Crippen LogP contribution in [0.4, 0.5) is 4.79 Å². The number of primary amides is 1. The van der Waals surface area contributed by atoms with Crippen molar-refractivity contribution in [1.82, 2.24) is 47.1 Å². The van der Waals surface area contributed by atoms with Crippen molar-refractivity contribution in [3.8, 4) is 5.75 Å². The third kappa shape index (κ3) is 26.4. The summed E-state index contributed by atoms with van der Waals surface area (Å²) in [6.45, 7) is 7.01. The van der Waals surface area contributed by atoms with Gasteiger partial charge < -0.3 is 69.5 Å². The Bertz CT molecular complexity index is 3760. The molecule has 0 saturated carbocycles. The number of aromatic hydroxyl groups is 1. The summed E-state index contributed by atoms with van der Waals surface area (Å²) >= 11 is 6.25. The van der Waals surface area contributed by atoms with Gasteiger partial charge in [0, 0.05) is 87.4 Å². The Kier molecular flexibility index (Phi) is 32.0. The number of amides is 9. The number of aliphatic imine (C=N–C) groups is 1. The van der Waals surface area contributed by atoms with Gasteiger partial charge in [0.05, 0.1) is 24.7 Å². The number of guanidine groups is 1. The molecule has 15 N–H and O–H groups in total. The number of aromatic nitrogens is 1. The molecule has 4 aromatic carbocycles.